The van der Waals surface area contributed by atoms with Crippen molar-refractivity contribution in [1.29, 1.82) is 0 Å². The highest BCUT2D eigenvalue weighted by molar-refractivity contribution is 6.34. The Bertz CT molecular complexity index is 790. The third-order valence-corrected chi connectivity index (χ3v) is 3.94. The van der Waals surface area contributed by atoms with Crippen LogP contribution in [0.1, 0.15) is 21.5 Å². The fraction of sp³-hybridized carbons (Fsp3) is 0.188. The number of ether oxygens (including phenoxy) is 1. The van der Waals surface area contributed by atoms with Gasteiger partial charge in [-0.05, 0) is 29.3 Å². The van der Waals surface area contributed by atoms with Crippen LogP contribution < -0.4 is 4.74 Å². The van der Waals surface area contributed by atoms with Gasteiger partial charge in [0.2, 0.25) is 0 Å². The van der Waals surface area contributed by atoms with E-state index in [-0.39, 0.29) is 29.4 Å². The summed E-state index contributed by atoms with van der Waals surface area (Å²) in [5.74, 6) is -1.42. The Morgan fingerprint density at radius 1 is 1.12 bits per heavy atom. The molecule has 126 valence electrons. The van der Waals surface area contributed by atoms with Gasteiger partial charge in [-0.25, -0.2) is 4.39 Å². The standard InChI is InChI=1S/C16H10ClF4NO2/c17-14-12(18)6-3-10-8-22(15(23)13(10)14)7-9-1-4-11(5-2-9)24-16(19,20)21/h1-6H,7-8H2. The van der Waals surface area contributed by atoms with Gasteiger partial charge in [-0.15, -0.1) is 13.2 Å². The highest BCUT2D eigenvalue weighted by atomic mass is 35.5. The minimum atomic E-state index is -4.76. The van der Waals surface area contributed by atoms with E-state index in [9.17, 15) is 22.4 Å². The Morgan fingerprint density at radius 3 is 2.42 bits per heavy atom. The van der Waals surface area contributed by atoms with Crippen molar-refractivity contribution in [1.82, 2.24) is 4.90 Å². The number of benzene rings is 2. The average Bonchev–Trinajstić information content (AvgIpc) is 2.81. The number of amides is 1. The summed E-state index contributed by atoms with van der Waals surface area (Å²) in [7, 11) is 0. The van der Waals surface area contributed by atoms with Crippen LogP contribution in [-0.4, -0.2) is 17.2 Å². The molecule has 2 aromatic rings. The van der Waals surface area contributed by atoms with Crippen LogP contribution in [0.3, 0.4) is 0 Å². The number of rotatable bonds is 3. The summed E-state index contributed by atoms with van der Waals surface area (Å²) >= 11 is 5.84. The summed E-state index contributed by atoms with van der Waals surface area (Å²) in [5.41, 5.74) is 1.36. The van der Waals surface area contributed by atoms with Gasteiger partial charge in [0.25, 0.3) is 5.91 Å². The first-order chi connectivity index (χ1) is 11.2. The van der Waals surface area contributed by atoms with Crippen LogP contribution in [0.2, 0.25) is 5.02 Å². The minimum absolute atomic E-state index is 0.133. The number of fused-ring (bicyclic) bond motifs is 1. The predicted molar refractivity (Wildman–Crippen MR) is 78.1 cm³/mol. The smallest absolute Gasteiger partial charge is 0.406 e. The second kappa shape index (κ2) is 5.98. The number of alkyl halides is 3. The molecule has 1 aliphatic rings. The Labute approximate surface area is 139 Å². The summed E-state index contributed by atoms with van der Waals surface area (Å²) in [6.07, 6.45) is -4.76. The van der Waals surface area contributed by atoms with E-state index >= 15 is 0 Å². The first kappa shape index (κ1) is 16.6. The van der Waals surface area contributed by atoms with Crippen molar-refractivity contribution in [2.75, 3.05) is 0 Å². The summed E-state index contributed by atoms with van der Waals surface area (Å²) < 4.78 is 53.6. The predicted octanol–water partition coefficient (Wildman–Crippen LogP) is 4.53. The number of halogens is 5. The lowest BCUT2D eigenvalue weighted by Crippen LogP contribution is -2.23. The quantitative estimate of drug-likeness (QED) is 0.753. The molecule has 1 aliphatic heterocycles. The molecule has 1 heterocycles. The van der Waals surface area contributed by atoms with Crippen molar-refractivity contribution >= 4 is 17.5 Å². The minimum Gasteiger partial charge on any atom is -0.406 e. The largest absolute Gasteiger partial charge is 0.573 e. The van der Waals surface area contributed by atoms with Crippen LogP contribution in [0.25, 0.3) is 0 Å². The molecule has 0 N–H and O–H groups in total. The fourth-order valence-electron chi connectivity index (χ4n) is 2.53. The van der Waals surface area contributed by atoms with E-state index in [1.54, 1.807) is 0 Å². The number of nitrogens with zero attached hydrogens (tertiary/aromatic N) is 1. The van der Waals surface area contributed by atoms with Gasteiger partial charge in [-0.3, -0.25) is 4.79 Å². The number of hydrogen-bond donors (Lipinski definition) is 0. The third-order valence-electron chi connectivity index (χ3n) is 3.57. The van der Waals surface area contributed by atoms with Gasteiger partial charge >= 0.3 is 6.36 Å². The zero-order chi connectivity index (χ0) is 17.5. The Balaban J connectivity index is 1.74. The molecule has 3 rings (SSSR count). The lowest BCUT2D eigenvalue weighted by Gasteiger charge is -2.16. The van der Waals surface area contributed by atoms with E-state index in [1.165, 1.54) is 41.3 Å². The number of carbonyl (C=O) groups is 1. The van der Waals surface area contributed by atoms with Crippen molar-refractivity contribution in [2.24, 2.45) is 0 Å². The van der Waals surface area contributed by atoms with E-state index in [2.05, 4.69) is 4.74 Å². The van der Waals surface area contributed by atoms with E-state index in [0.29, 0.717) is 11.1 Å². The molecule has 0 atom stereocenters. The summed E-state index contributed by atoms with van der Waals surface area (Å²) in [4.78, 5) is 13.8. The van der Waals surface area contributed by atoms with Crippen LogP contribution in [0.15, 0.2) is 36.4 Å². The molecule has 0 bridgehead atoms. The van der Waals surface area contributed by atoms with Crippen molar-refractivity contribution in [3.8, 4) is 5.75 Å². The van der Waals surface area contributed by atoms with Gasteiger partial charge in [0.05, 0.1) is 10.6 Å². The van der Waals surface area contributed by atoms with Crippen molar-refractivity contribution < 1.29 is 27.1 Å². The lowest BCUT2D eigenvalue weighted by molar-refractivity contribution is -0.274. The first-order valence-corrected chi connectivity index (χ1v) is 7.23. The van der Waals surface area contributed by atoms with Gasteiger partial charge < -0.3 is 9.64 Å². The molecular weight excluding hydrogens is 350 g/mol. The molecule has 0 aromatic heterocycles. The second-order valence-electron chi connectivity index (χ2n) is 5.25. The molecule has 0 radical (unpaired) electrons. The Hall–Kier alpha value is -2.28. The molecule has 0 spiro atoms. The van der Waals surface area contributed by atoms with Crippen LogP contribution in [0.5, 0.6) is 5.75 Å². The highest BCUT2D eigenvalue weighted by Gasteiger charge is 2.32. The summed E-state index contributed by atoms with van der Waals surface area (Å²) in [6, 6.07) is 7.89. The van der Waals surface area contributed by atoms with Gasteiger partial charge in [0.15, 0.2) is 0 Å². The van der Waals surface area contributed by atoms with E-state index < -0.39 is 18.1 Å². The van der Waals surface area contributed by atoms with Crippen molar-refractivity contribution in [3.63, 3.8) is 0 Å². The van der Waals surface area contributed by atoms with Crippen LogP contribution in [0.4, 0.5) is 17.6 Å². The molecule has 0 fully saturated rings. The van der Waals surface area contributed by atoms with Crippen LogP contribution in [0, 0.1) is 5.82 Å². The van der Waals surface area contributed by atoms with Crippen LogP contribution >= 0.6 is 11.6 Å². The SMILES string of the molecule is O=C1c2c(ccc(F)c2Cl)CN1Cc1ccc(OC(F)(F)F)cc1. The van der Waals surface area contributed by atoms with Crippen molar-refractivity contribution in [2.45, 2.75) is 19.5 Å². The molecule has 0 saturated heterocycles. The molecule has 1 amide bonds. The van der Waals surface area contributed by atoms with Gasteiger partial charge in [-0.2, -0.15) is 0 Å². The normalized spacial score (nSPS) is 14.0. The maximum absolute atomic E-state index is 13.5. The summed E-state index contributed by atoms with van der Waals surface area (Å²) in [5, 5.41) is -0.214. The average molecular weight is 360 g/mol. The first-order valence-electron chi connectivity index (χ1n) is 6.85. The van der Waals surface area contributed by atoms with E-state index in [1.807, 2.05) is 0 Å². The van der Waals surface area contributed by atoms with Crippen molar-refractivity contribution in [3.05, 3.63) is 63.9 Å². The maximum Gasteiger partial charge on any atom is 0.573 e. The molecular formula is C16H10ClF4NO2. The van der Waals surface area contributed by atoms with E-state index in [0.717, 1.165) is 0 Å². The fourth-order valence-corrected chi connectivity index (χ4v) is 2.80. The molecule has 3 nitrogen and oxygen atoms in total. The molecule has 8 heteroatoms. The monoisotopic (exact) mass is 359 g/mol. The molecule has 24 heavy (non-hydrogen) atoms. The van der Waals surface area contributed by atoms with Gasteiger partial charge in [0, 0.05) is 13.1 Å². The lowest BCUT2D eigenvalue weighted by atomic mass is 10.1. The molecule has 2 aromatic carbocycles. The molecule has 0 saturated carbocycles. The zero-order valence-corrected chi connectivity index (χ0v) is 12.8. The topological polar surface area (TPSA) is 29.5 Å². The second-order valence-corrected chi connectivity index (χ2v) is 5.63. The maximum atomic E-state index is 13.5. The third kappa shape index (κ3) is 3.31. The van der Waals surface area contributed by atoms with Crippen LogP contribution in [-0.2, 0) is 13.1 Å². The molecule has 0 unspecified atom stereocenters. The van der Waals surface area contributed by atoms with Gasteiger partial charge in [-0.1, -0.05) is 29.8 Å². The number of hydrogen-bond acceptors (Lipinski definition) is 2. The number of carbonyl (C=O) groups excluding carboxylic acids is 1. The van der Waals surface area contributed by atoms with E-state index in [4.69, 9.17) is 11.6 Å². The molecule has 0 aliphatic carbocycles. The Kier molecular flexibility index (Phi) is 4.13. The Morgan fingerprint density at radius 2 is 1.79 bits per heavy atom. The summed E-state index contributed by atoms with van der Waals surface area (Å²) in [6.45, 7) is 0.423. The van der Waals surface area contributed by atoms with Gasteiger partial charge in [0.1, 0.15) is 11.6 Å². The highest BCUT2D eigenvalue weighted by Crippen LogP contribution is 2.32. The zero-order valence-electron chi connectivity index (χ0n) is 12.0.